The van der Waals surface area contributed by atoms with Crippen LogP contribution in [0.3, 0.4) is 0 Å². The summed E-state index contributed by atoms with van der Waals surface area (Å²) in [6, 6.07) is 20.1. The van der Waals surface area contributed by atoms with E-state index in [-0.39, 0.29) is 43.9 Å². The molecule has 0 aliphatic carbocycles. The number of hydrogen-bond donors (Lipinski definition) is 3. The van der Waals surface area contributed by atoms with Gasteiger partial charge in [0.1, 0.15) is 6.04 Å². The molecule has 0 spiro atoms. The molecule has 4 unspecified atom stereocenters. The summed E-state index contributed by atoms with van der Waals surface area (Å²) in [7, 11) is 0. The van der Waals surface area contributed by atoms with Crippen LogP contribution in [0.5, 0.6) is 0 Å². The van der Waals surface area contributed by atoms with Crippen molar-refractivity contribution in [3.8, 4) is 0 Å². The number of amides is 2. The SMILES string of the molecule is O=C(O)c1ccccc1SCC1CC(c2ccc(CO)cc2)OC(c2ccc(CNC(=O)C3CCCN3C(=O)C(F)(F)F)cc2)O1. The van der Waals surface area contributed by atoms with Gasteiger partial charge in [0.2, 0.25) is 5.91 Å². The largest absolute Gasteiger partial charge is 0.478 e. The molecule has 2 fully saturated rings. The Morgan fingerprint density at radius 1 is 0.935 bits per heavy atom. The topological polar surface area (TPSA) is 125 Å². The molecular weight excluding hydrogens is 625 g/mol. The number of carbonyl (C=O) groups excluding carboxylic acids is 2. The maximum Gasteiger partial charge on any atom is 0.471 e. The first-order chi connectivity index (χ1) is 22.0. The van der Waals surface area contributed by atoms with Crippen molar-refractivity contribution in [2.75, 3.05) is 12.3 Å². The van der Waals surface area contributed by atoms with E-state index in [2.05, 4.69) is 5.32 Å². The fourth-order valence-corrected chi connectivity index (χ4v) is 6.59. The lowest BCUT2D eigenvalue weighted by Crippen LogP contribution is -2.50. The lowest BCUT2D eigenvalue weighted by atomic mass is 10.0. The summed E-state index contributed by atoms with van der Waals surface area (Å²) in [4.78, 5) is 37.3. The summed E-state index contributed by atoms with van der Waals surface area (Å²) in [6.45, 7) is -0.153. The summed E-state index contributed by atoms with van der Waals surface area (Å²) in [5, 5.41) is 21.7. The molecule has 0 saturated carbocycles. The van der Waals surface area contributed by atoms with Crippen molar-refractivity contribution in [1.29, 1.82) is 0 Å². The first-order valence-corrected chi connectivity index (χ1v) is 15.7. The van der Waals surface area contributed by atoms with Crippen LogP contribution in [0, 0.1) is 0 Å². The van der Waals surface area contributed by atoms with E-state index in [1.54, 1.807) is 48.5 Å². The zero-order valence-corrected chi connectivity index (χ0v) is 25.4. The number of thioether (sulfide) groups is 1. The molecule has 0 radical (unpaired) electrons. The molecule has 2 saturated heterocycles. The number of ether oxygens (including phenoxy) is 2. The molecule has 2 aliphatic heterocycles. The monoisotopic (exact) mass is 658 g/mol. The van der Waals surface area contributed by atoms with Crippen molar-refractivity contribution in [2.45, 2.75) is 68.0 Å². The van der Waals surface area contributed by atoms with Gasteiger partial charge in [-0.3, -0.25) is 9.59 Å². The van der Waals surface area contributed by atoms with E-state index < -0.39 is 36.3 Å². The van der Waals surface area contributed by atoms with Gasteiger partial charge in [-0.05, 0) is 41.7 Å². The van der Waals surface area contributed by atoms with E-state index in [0.29, 0.717) is 39.5 Å². The summed E-state index contributed by atoms with van der Waals surface area (Å²) in [5.74, 6) is -3.19. The average molecular weight is 659 g/mol. The minimum atomic E-state index is -5.04. The van der Waals surface area contributed by atoms with E-state index in [9.17, 15) is 37.8 Å². The van der Waals surface area contributed by atoms with Crippen LogP contribution in [0.25, 0.3) is 0 Å². The molecule has 3 N–H and O–H groups in total. The highest BCUT2D eigenvalue weighted by Gasteiger charge is 2.47. The molecule has 3 aromatic rings. The number of aliphatic hydroxyl groups excluding tert-OH is 1. The van der Waals surface area contributed by atoms with Crippen LogP contribution in [0.1, 0.15) is 64.3 Å². The Bertz CT molecular complexity index is 1540. The molecule has 2 aliphatic rings. The number of carboxylic acid groups (broad SMARTS) is 1. The second-order valence-corrected chi connectivity index (χ2v) is 12.1. The van der Waals surface area contributed by atoms with Gasteiger partial charge in [0.15, 0.2) is 6.29 Å². The van der Waals surface area contributed by atoms with Gasteiger partial charge in [-0.2, -0.15) is 13.2 Å². The number of aliphatic hydroxyl groups is 1. The van der Waals surface area contributed by atoms with E-state index in [4.69, 9.17) is 9.47 Å². The number of carboxylic acids is 1. The zero-order chi connectivity index (χ0) is 32.8. The minimum Gasteiger partial charge on any atom is -0.478 e. The normalized spacial score (nSPS) is 21.6. The van der Waals surface area contributed by atoms with Crippen molar-refractivity contribution in [3.05, 3.63) is 101 Å². The molecule has 244 valence electrons. The molecule has 9 nitrogen and oxygen atoms in total. The lowest BCUT2D eigenvalue weighted by Gasteiger charge is -2.36. The molecule has 46 heavy (non-hydrogen) atoms. The van der Waals surface area contributed by atoms with Crippen LogP contribution in [0.2, 0.25) is 0 Å². The highest BCUT2D eigenvalue weighted by atomic mass is 32.2. The molecule has 2 heterocycles. The van der Waals surface area contributed by atoms with Gasteiger partial charge < -0.3 is 29.9 Å². The van der Waals surface area contributed by atoms with Crippen molar-refractivity contribution in [2.24, 2.45) is 0 Å². The second-order valence-electron chi connectivity index (χ2n) is 11.1. The Morgan fingerprint density at radius 3 is 2.28 bits per heavy atom. The molecule has 4 atom stereocenters. The van der Waals surface area contributed by atoms with Gasteiger partial charge in [-0.1, -0.05) is 60.7 Å². The standard InChI is InChI=1S/C33H33F3N2O7S/c34-33(35,36)32(43)38-15-3-5-26(38)29(40)37-17-20-7-13-23(14-8-20)31-44-24(19-46-28-6-2-1-4-25(28)30(41)42)16-27(45-31)22-11-9-21(18-39)10-12-22/h1-2,4,6-14,24,26-27,31,39H,3,5,15-19H2,(H,37,40)(H,41,42). The van der Waals surface area contributed by atoms with Crippen LogP contribution in [0.15, 0.2) is 77.7 Å². The van der Waals surface area contributed by atoms with Crippen LogP contribution in [0.4, 0.5) is 13.2 Å². The van der Waals surface area contributed by atoms with E-state index in [1.165, 1.54) is 11.8 Å². The van der Waals surface area contributed by atoms with Crippen molar-refractivity contribution in [1.82, 2.24) is 10.2 Å². The zero-order valence-electron chi connectivity index (χ0n) is 24.6. The van der Waals surface area contributed by atoms with Gasteiger partial charge in [-0.15, -0.1) is 11.8 Å². The van der Waals surface area contributed by atoms with Gasteiger partial charge in [0.05, 0.1) is 24.4 Å². The van der Waals surface area contributed by atoms with Crippen molar-refractivity contribution in [3.63, 3.8) is 0 Å². The Kier molecular flexibility index (Phi) is 10.7. The van der Waals surface area contributed by atoms with E-state index >= 15 is 0 Å². The smallest absolute Gasteiger partial charge is 0.471 e. The number of halogens is 3. The van der Waals surface area contributed by atoms with Gasteiger partial charge in [-0.25, -0.2) is 4.79 Å². The Balaban J connectivity index is 1.26. The lowest BCUT2D eigenvalue weighted by molar-refractivity contribution is -0.245. The third-order valence-corrected chi connectivity index (χ3v) is 9.14. The Hall–Kier alpha value is -3.91. The fraction of sp³-hybridized carbons (Fsp3) is 0.364. The van der Waals surface area contributed by atoms with E-state index in [0.717, 1.165) is 11.1 Å². The third-order valence-electron chi connectivity index (χ3n) is 7.93. The maximum atomic E-state index is 12.9. The number of aromatic carboxylic acids is 1. The second kappa shape index (κ2) is 14.7. The quantitative estimate of drug-likeness (QED) is 0.248. The summed E-state index contributed by atoms with van der Waals surface area (Å²) in [5.41, 5.74) is 3.26. The van der Waals surface area contributed by atoms with Crippen LogP contribution in [-0.4, -0.2) is 63.5 Å². The van der Waals surface area contributed by atoms with Crippen molar-refractivity contribution < 1.29 is 47.2 Å². The molecule has 2 amide bonds. The Morgan fingerprint density at radius 2 is 1.61 bits per heavy atom. The number of benzene rings is 3. The fourth-order valence-electron chi connectivity index (χ4n) is 5.52. The molecule has 3 aromatic carbocycles. The third kappa shape index (κ3) is 8.08. The number of hydrogen-bond acceptors (Lipinski definition) is 7. The Labute approximate surface area is 267 Å². The number of nitrogens with zero attached hydrogens (tertiary/aromatic N) is 1. The van der Waals surface area contributed by atoms with Crippen LogP contribution >= 0.6 is 11.8 Å². The highest BCUT2D eigenvalue weighted by Crippen LogP contribution is 2.40. The predicted molar refractivity (Wildman–Crippen MR) is 162 cm³/mol. The first-order valence-electron chi connectivity index (χ1n) is 14.7. The van der Waals surface area contributed by atoms with Gasteiger partial charge >= 0.3 is 18.1 Å². The summed E-state index contributed by atoms with van der Waals surface area (Å²) < 4.78 is 51.5. The number of alkyl halides is 3. The molecule has 0 aromatic heterocycles. The van der Waals surface area contributed by atoms with Gasteiger partial charge in [0, 0.05) is 35.7 Å². The average Bonchev–Trinajstić information content (AvgIpc) is 3.56. The maximum absolute atomic E-state index is 12.9. The molecular formula is C33H33F3N2O7S. The highest BCUT2D eigenvalue weighted by molar-refractivity contribution is 7.99. The van der Waals surface area contributed by atoms with Crippen LogP contribution in [-0.2, 0) is 32.2 Å². The number of nitrogens with one attached hydrogen (secondary N) is 1. The van der Waals surface area contributed by atoms with Crippen molar-refractivity contribution >= 4 is 29.5 Å². The minimum absolute atomic E-state index is 0.0537. The summed E-state index contributed by atoms with van der Waals surface area (Å²) in [6.07, 6.45) is -5.47. The van der Waals surface area contributed by atoms with Crippen LogP contribution < -0.4 is 5.32 Å². The predicted octanol–water partition coefficient (Wildman–Crippen LogP) is 5.38. The first kappa shape index (κ1) is 33.5. The number of rotatable bonds is 10. The molecule has 5 rings (SSSR count). The number of likely N-dealkylation sites (tertiary alicyclic amines) is 1. The molecule has 0 bridgehead atoms. The number of carbonyl (C=O) groups is 3. The summed E-state index contributed by atoms with van der Waals surface area (Å²) >= 11 is 1.39. The van der Waals surface area contributed by atoms with Gasteiger partial charge in [0.25, 0.3) is 0 Å². The van der Waals surface area contributed by atoms with E-state index in [1.807, 2.05) is 24.3 Å². The molecule has 13 heteroatoms.